The quantitative estimate of drug-likeness (QED) is 0.271. The predicted molar refractivity (Wildman–Crippen MR) is 143 cm³/mol. The number of fused-ring (bicyclic) bond motifs is 3. The van der Waals surface area contributed by atoms with Crippen LogP contribution in [0.25, 0.3) is 17.0 Å². The van der Waals surface area contributed by atoms with E-state index in [-0.39, 0.29) is 25.0 Å². The van der Waals surface area contributed by atoms with Gasteiger partial charge in [0.15, 0.2) is 0 Å². The second kappa shape index (κ2) is 11.5. The Morgan fingerprint density at radius 1 is 1.11 bits per heavy atom. The average Bonchev–Trinajstić information content (AvgIpc) is 3.16. The lowest BCUT2D eigenvalue weighted by Gasteiger charge is -2.27. The molecule has 0 aliphatic carbocycles. The molecule has 0 spiro atoms. The molecule has 0 unspecified atom stereocenters. The van der Waals surface area contributed by atoms with E-state index in [2.05, 4.69) is 31.1 Å². The molecule has 3 heterocycles. The molecule has 1 aliphatic heterocycles. The summed E-state index contributed by atoms with van der Waals surface area (Å²) in [7, 11) is 0. The lowest BCUT2D eigenvalue weighted by molar-refractivity contribution is 0.240. The molecule has 2 aromatic heterocycles. The number of halogens is 5. The van der Waals surface area contributed by atoms with E-state index in [9.17, 15) is 18.0 Å². The highest BCUT2D eigenvalue weighted by Crippen LogP contribution is 2.32. The molecular weight excluding hydrogens is 569 g/mol. The third-order valence-electron chi connectivity index (χ3n) is 6.25. The van der Waals surface area contributed by atoms with Crippen LogP contribution in [-0.2, 0) is 19.5 Å². The Bertz CT molecular complexity index is 1490. The highest BCUT2D eigenvalue weighted by Gasteiger charge is 2.26. The monoisotopic (exact) mass is 590 g/mol. The second-order valence-corrected chi connectivity index (χ2v) is 9.54. The molecule has 37 heavy (non-hydrogen) atoms. The molecule has 4 aromatic rings. The van der Waals surface area contributed by atoms with Gasteiger partial charge in [-0.1, -0.05) is 34.1 Å². The summed E-state index contributed by atoms with van der Waals surface area (Å²) in [4.78, 5) is 19.0. The summed E-state index contributed by atoms with van der Waals surface area (Å²) in [6.07, 6.45) is 5.53. The molecular formula is C27H23BrClF3N4O. The first-order valence-electron chi connectivity index (χ1n) is 11.4. The summed E-state index contributed by atoms with van der Waals surface area (Å²) in [6, 6.07) is 12.1. The Labute approximate surface area is 226 Å². The number of aromatic nitrogens is 2. The van der Waals surface area contributed by atoms with Gasteiger partial charge in [-0.25, -0.2) is 18.6 Å². The van der Waals surface area contributed by atoms with Crippen LogP contribution in [0, 0.1) is 17.6 Å². The van der Waals surface area contributed by atoms with Crippen molar-refractivity contribution in [3.05, 3.63) is 105 Å². The van der Waals surface area contributed by atoms with E-state index < -0.39 is 17.6 Å². The molecule has 0 fully saturated rings. The SMILES string of the molecule is Cl.O=C(NCc1ccnc(F)c1)n1c2c(c3ccc(Br)cc31)CN(C/C=C/c1ccc(F)cc1F)CC2. The van der Waals surface area contributed by atoms with Gasteiger partial charge in [-0.3, -0.25) is 9.47 Å². The zero-order chi connectivity index (χ0) is 25.2. The van der Waals surface area contributed by atoms with Crippen LogP contribution in [0.1, 0.15) is 22.4 Å². The number of hydrogen-bond acceptors (Lipinski definition) is 3. The molecule has 1 amide bonds. The van der Waals surface area contributed by atoms with E-state index in [1.807, 2.05) is 24.3 Å². The van der Waals surface area contributed by atoms with Crippen molar-refractivity contribution in [2.75, 3.05) is 13.1 Å². The van der Waals surface area contributed by atoms with Crippen molar-refractivity contribution in [3.63, 3.8) is 0 Å². The Hall–Kier alpha value is -3.14. The lowest BCUT2D eigenvalue weighted by atomic mass is 10.0. The van der Waals surface area contributed by atoms with Crippen molar-refractivity contribution < 1.29 is 18.0 Å². The normalized spacial score (nSPS) is 13.5. The first-order chi connectivity index (χ1) is 17.4. The van der Waals surface area contributed by atoms with Gasteiger partial charge < -0.3 is 5.32 Å². The van der Waals surface area contributed by atoms with Gasteiger partial charge in [0.05, 0.1) is 5.52 Å². The molecule has 1 N–H and O–H groups in total. The van der Waals surface area contributed by atoms with E-state index in [1.54, 1.807) is 16.7 Å². The molecule has 0 bridgehead atoms. The molecule has 2 aromatic carbocycles. The van der Waals surface area contributed by atoms with Gasteiger partial charge in [0, 0.05) is 66.0 Å². The fourth-order valence-corrected chi connectivity index (χ4v) is 4.90. The van der Waals surface area contributed by atoms with Crippen molar-refractivity contribution in [3.8, 4) is 0 Å². The number of carbonyl (C=O) groups is 1. The van der Waals surface area contributed by atoms with Crippen LogP contribution in [0.4, 0.5) is 18.0 Å². The van der Waals surface area contributed by atoms with Crippen LogP contribution in [0.15, 0.2) is 65.3 Å². The summed E-state index contributed by atoms with van der Waals surface area (Å²) >= 11 is 3.50. The van der Waals surface area contributed by atoms with E-state index >= 15 is 0 Å². The predicted octanol–water partition coefficient (Wildman–Crippen LogP) is 6.47. The molecule has 0 atom stereocenters. The molecule has 5 nitrogen and oxygen atoms in total. The number of hydrogen-bond donors (Lipinski definition) is 1. The number of rotatable bonds is 5. The largest absolute Gasteiger partial charge is 0.333 e. The van der Waals surface area contributed by atoms with Crippen molar-refractivity contribution in [1.29, 1.82) is 0 Å². The number of nitrogens with zero attached hydrogens (tertiary/aromatic N) is 3. The highest BCUT2D eigenvalue weighted by atomic mass is 79.9. The summed E-state index contributed by atoms with van der Waals surface area (Å²) in [5.41, 5.74) is 3.75. The highest BCUT2D eigenvalue weighted by molar-refractivity contribution is 9.10. The summed E-state index contributed by atoms with van der Waals surface area (Å²) < 4.78 is 43.0. The van der Waals surface area contributed by atoms with Gasteiger partial charge in [-0.05, 0) is 47.5 Å². The van der Waals surface area contributed by atoms with Crippen LogP contribution >= 0.6 is 28.3 Å². The first-order valence-corrected chi connectivity index (χ1v) is 12.2. The van der Waals surface area contributed by atoms with Crippen molar-refractivity contribution >= 4 is 51.3 Å². The van der Waals surface area contributed by atoms with E-state index in [0.717, 1.165) is 32.7 Å². The van der Waals surface area contributed by atoms with Gasteiger partial charge in [0.25, 0.3) is 0 Å². The molecule has 0 saturated carbocycles. The standard InChI is InChI=1S/C27H22BrF3N4O.ClH/c28-19-4-6-21-22-16-34(10-1-2-18-3-5-20(29)14-23(18)30)11-8-24(22)35(25(21)13-19)27(36)33-15-17-7-9-32-26(31)12-17;/h1-7,9,12-14H,8,10-11,15-16H2,(H,33,36);1H/b2-1+;. The summed E-state index contributed by atoms with van der Waals surface area (Å²) in [5.74, 6) is -1.79. The zero-order valence-electron chi connectivity index (χ0n) is 19.6. The summed E-state index contributed by atoms with van der Waals surface area (Å²) in [5, 5.41) is 3.87. The second-order valence-electron chi connectivity index (χ2n) is 8.62. The Kier molecular flexibility index (Phi) is 8.36. The number of nitrogens with one attached hydrogen (secondary N) is 1. The van der Waals surface area contributed by atoms with Crippen molar-refractivity contribution in [2.45, 2.75) is 19.5 Å². The third-order valence-corrected chi connectivity index (χ3v) is 6.75. The zero-order valence-corrected chi connectivity index (χ0v) is 22.0. The van der Waals surface area contributed by atoms with Gasteiger partial charge in [-0.15, -0.1) is 12.4 Å². The minimum Gasteiger partial charge on any atom is -0.333 e. The lowest BCUT2D eigenvalue weighted by Crippen LogP contribution is -2.34. The van der Waals surface area contributed by atoms with Crippen LogP contribution in [0.5, 0.6) is 0 Å². The van der Waals surface area contributed by atoms with Crippen LogP contribution in [0.3, 0.4) is 0 Å². The van der Waals surface area contributed by atoms with Gasteiger partial charge in [0.1, 0.15) is 11.6 Å². The van der Waals surface area contributed by atoms with Crippen LogP contribution in [-0.4, -0.2) is 33.6 Å². The minimum atomic E-state index is -0.604. The number of pyridine rings is 1. The first kappa shape index (κ1) is 26.9. The maximum absolute atomic E-state index is 13.9. The molecule has 1 aliphatic rings. The van der Waals surface area contributed by atoms with E-state index in [4.69, 9.17) is 0 Å². The number of benzene rings is 2. The molecule has 10 heteroatoms. The molecule has 0 radical (unpaired) electrons. The number of amides is 1. The van der Waals surface area contributed by atoms with Gasteiger partial charge >= 0.3 is 6.03 Å². The molecule has 5 rings (SSSR count). The van der Waals surface area contributed by atoms with Crippen molar-refractivity contribution in [1.82, 2.24) is 19.8 Å². The Balaban J connectivity index is 0.00000320. The smallest absolute Gasteiger partial charge is 0.326 e. The van der Waals surface area contributed by atoms with E-state index in [0.29, 0.717) is 37.2 Å². The average molecular weight is 592 g/mol. The van der Waals surface area contributed by atoms with Gasteiger partial charge in [0.2, 0.25) is 5.95 Å². The maximum atomic E-state index is 13.9. The maximum Gasteiger partial charge on any atom is 0.326 e. The topological polar surface area (TPSA) is 50.2 Å². The fourth-order valence-electron chi connectivity index (χ4n) is 4.55. The molecule has 0 saturated heterocycles. The molecule has 192 valence electrons. The fraction of sp³-hybridized carbons (Fsp3) is 0.185. The minimum absolute atomic E-state index is 0. The van der Waals surface area contributed by atoms with Crippen LogP contribution in [0.2, 0.25) is 0 Å². The summed E-state index contributed by atoms with van der Waals surface area (Å²) in [6.45, 7) is 2.10. The van der Waals surface area contributed by atoms with Gasteiger partial charge in [-0.2, -0.15) is 4.39 Å². The number of carbonyl (C=O) groups excluding carboxylic acids is 1. The third kappa shape index (κ3) is 5.89. The van der Waals surface area contributed by atoms with Crippen molar-refractivity contribution in [2.24, 2.45) is 0 Å². The Morgan fingerprint density at radius 3 is 2.73 bits per heavy atom. The van der Waals surface area contributed by atoms with E-state index in [1.165, 1.54) is 24.4 Å². The van der Waals surface area contributed by atoms with Crippen LogP contribution < -0.4 is 5.32 Å². The Morgan fingerprint density at radius 2 is 1.95 bits per heavy atom.